The Morgan fingerprint density at radius 3 is 2.60 bits per heavy atom. The Kier molecular flexibility index (Phi) is 7.83. The van der Waals surface area contributed by atoms with Crippen molar-refractivity contribution in [1.82, 2.24) is 5.32 Å². The molecule has 1 heterocycles. The van der Waals surface area contributed by atoms with Gasteiger partial charge in [-0.25, -0.2) is 0 Å². The summed E-state index contributed by atoms with van der Waals surface area (Å²) in [6, 6.07) is 0. The van der Waals surface area contributed by atoms with Crippen LogP contribution in [0.2, 0.25) is 0 Å². The van der Waals surface area contributed by atoms with E-state index < -0.39 is 0 Å². The highest BCUT2D eigenvalue weighted by Gasteiger charge is 2.11. The summed E-state index contributed by atoms with van der Waals surface area (Å²) in [5, 5.41) is 11.9. The molecule has 1 atom stereocenters. The lowest BCUT2D eigenvalue weighted by atomic mass is 9.97. The summed E-state index contributed by atoms with van der Waals surface area (Å²) in [6.45, 7) is 4.87. The first-order valence-electron chi connectivity index (χ1n) is 5.90. The van der Waals surface area contributed by atoms with Gasteiger partial charge in [0.15, 0.2) is 0 Å². The zero-order valence-corrected chi connectivity index (χ0v) is 9.41. The molecule has 0 aliphatic carbocycles. The van der Waals surface area contributed by atoms with E-state index in [1.165, 1.54) is 19.4 Å². The van der Waals surface area contributed by atoms with Crippen LogP contribution in [0.1, 0.15) is 19.3 Å². The second-order valence-corrected chi connectivity index (χ2v) is 3.95. The van der Waals surface area contributed by atoms with Gasteiger partial charge in [-0.05, 0) is 38.3 Å². The number of nitrogens with one attached hydrogen (secondary N) is 1. The third-order valence-corrected chi connectivity index (χ3v) is 2.68. The number of rotatable bonds is 8. The third kappa shape index (κ3) is 6.84. The minimum atomic E-state index is 0.0910. The standard InChI is InChI=1S/C11H23NO3/c13-5-7-15-9-8-14-6-3-11-2-1-4-12-10-11/h11-13H,1-10H2. The molecule has 4 heteroatoms. The van der Waals surface area contributed by atoms with Crippen molar-refractivity contribution in [2.75, 3.05) is 46.1 Å². The summed E-state index contributed by atoms with van der Waals surface area (Å²) < 4.78 is 10.5. The van der Waals surface area contributed by atoms with E-state index in [1.54, 1.807) is 0 Å². The molecule has 0 aromatic carbocycles. The maximum atomic E-state index is 8.47. The molecule has 1 unspecified atom stereocenters. The van der Waals surface area contributed by atoms with Crippen LogP contribution in [-0.4, -0.2) is 51.2 Å². The van der Waals surface area contributed by atoms with Crippen molar-refractivity contribution in [2.45, 2.75) is 19.3 Å². The third-order valence-electron chi connectivity index (χ3n) is 2.68. The van der Waals surface area contributed by atoms with Crippen LogP contribution in [-0.2, 0) is 9.47 Å². The van der Waals surface area contributed by atoms with Crippen LogP contribution in [0.4, 0.5) is 0 Å². The molecule has 0 spiro atoms. The van der Waals surface area contributed by atoms with Crippen molar-refractivity contribution >= 4 is 0 Å². The quantitative estimate of drug-likeness (QED) is 0.578. The van der Waals surface area contributed by atoms with E-state index in [0.717, 1.165) is 25.5 Å². The number of piperidine rings is 1. The predicted octanol–water partition coefficient (Wildman–Crippen LogP) is 0.402. The van der Waals surface area contributed by atoms with Crippen molar-refractivity contribution in [3.8, 4) is 0 Å². The van der Waals surface area contributed by atoms with Crippen LogP contribution < -0.4 is 5.32 Å². The number of hydrogen-bond acceptors (Lipinski definition) is 4. The van der Waals surface area contributed by atoms with Crippen LogP contribution >= 0.6 is 0 Å². The maximum Gasteiger partial charge on any atom is 0.0701 e. The van der Waals surface area contributed by atoms with E-state index in [-0.39, 0.29) is 6.61 Å². The van der Waals surface area contributed by atoms with Gasteiger partial charge in [0.05, 0.1) is 26.4 Å². The lowest BCUT2D eigenvalue weighted by molar-refractivity contribution is 0.0287. The molecule has 1 saturated heterocycles. The predicted molar refractivity (Wildman–Crippen MR) is 58.9 cm³/mol. The van der Waals surface area contributed by atoms with Crippen LogP contribution in [0, 0.1) is 5.92 Å². The van der Waals surface area contributed by atoms with E-state index in [1.807, 2.05) is 0 Å². The average molecular weight is 217 g/mol. The second kappa shape index (κ2) is 9.09. The van der Waals surface area contributed by atoms with Crippen molar-refractivity contribution in [3.63, 3.8) is 0 Å². The van der Waals surface area contributed by atoms with E-state index in [2.05, 4.69) is 5.32 Å². The van der Waals surface area contributed by atoms with Crippen molar-refractivity contribution < 1.29 is 14.6 Å². The Balaban J connectivity index is 1.79. The Morgan fingerprint density at radius 2 is 1.93 bits per heavy atom. The Hall–Kier alpha value is -0.160. The first-order chi connectivity index (χ1) is 7.43. The minimum Gasteiger partial charge on any atom is -0.394 e. The fourth-order valence-electron chi connectivity index (χ4n) is 1.81. The number of hydrogen-bond donors (Lipinski definition) is 2. The minimum absolute atomic E-state index is 0.0910. The Labute approximate surface area is 92.0 Å². The molecule has 0 amide bonds. The van der Waals surface area contributed by atoms with Gasteiger partial charge in [0.25, 0.3) is 0 Å². The molecule has 1 fully saturated rings. The smallest absolute Gasteiger partial charge is 0.0701 e. The van der Waals surface area contributed by atoms with Crippen molar-refractivity contribution in [3.05, 3.63) is 0 Å². The molecule has 0 saturated carbocycles. The molecule has 15 heavy (non-hydrogen) atoms. The molecule has 1 aliphatic heterocycles. The van der Waals surface area contributed by atoms with Gasteiger partial charge in [-0.3, -0.25) is 0 Å². The molecule has 90 valence electrons. The molecule has 4 nitrogen and oxygen atoms in total. The lowest BCUT2D eigenvalue weighted by Crippen LogP contribution is -2.30. The van der Waals surface area contributed by atoms with Crippen LogP contribution in [0.5, 0.6) is 0 Å². The zero-order valence-electron chi connectivity index (χ0n) is 9.41. The summed E-state index contributed by atoms with van der Waals surface area (Å²) in [5.74, 6) is 0.789. The fourth-order valence-corrected chi connectivity index (χ4v) is 1.81. The molecular weight excluding hydrogens is 194 g/mol. The van der Waals surface area contributed by atoms with Crippen LogP contribution in [0.15, 0.2) is 0 Å². The highest BCUT2D eigenvalue weighted by molar-refractivity contribution is 4.68. The van der Waals surface area contributed by atoms with E-state index in [4.69, 9.17) is 14.6 Å². The highest BCUT2D eigenvalue weighted by Crippen LogP contribution is 2.13. The summed E-state index contributed by atoms with van der Waals surface area (Å²) in [4.78, 5) is 0. The Bertz CT molecular complexity index is 138. The van der Waals surface area contributed by atoms with Crippen LogP contribution in [0.3, 0.4) is 0 Å². The van der Waals surface area contributed by atoms with Crippen molar-refractivity contribution in [1.29, 1.82) is 0 Å². The molecule has 1 aliphatic rings. The van der Waals surface area contributed by atoms with Crippen LogP contribution in [0.25, 0.3) is 0 Å². The summed E-state index contributed by atoms with van der Waals surface area (Å²) in [5.41, 5.74) is 0. The van der Waals surface area contributed by atoms with Gasteiger partial charge >= 0.3 is 0 Å². The first kappa shape index (κ1) is 12.9. The second-order valence-electron chi connectivity index (χ2n) is 3.95. The number of aliphatic hydroxyl groups is 1. The largest absolute Gasteiger partial charge is 0.394 e. The van der Waals surface area contributed by atoms with Gasteiger partial charge in [-0.15, -0.1) is 0 Å². The summed E-state index contributed by atoms with van der Waals surface area (Å²) >= 11 is 0. The topological polar surface area (TPSA) is 50.7 Å². The first-order valence-corrected chi connectivity index (χ1v) is 5.90. The summed E-state index contributed by atoms with van der Waals surface area (Å²) in [7, 11) is 0. The number of ether oxygens (including phenoxy) is 2. The highest BCUT2D eigenvalue weighted by atomic mass is 16.5. The molecule has 0 aromatic rings. The molecule has 2 N–H and O–H groups in total. The SMILES string of the molecule is OCCOCCOCCC1CCCNC1. The van der Waals surface area contributed by atoms with Crippen molar-refractivity contribution in [2.24, 2.45) is 5.92 Å². The molecular formula is C11H23NO3. The Morgan fingerprint density at radius 1 is 1.13 bits per heavy atom. The molecule has 0 bridgehead atoms. The van der Waals surface area contributed by atoms with Gasteiger partial charge in [0.1, 0.15) is 0 Å². The lowest BCUT2D eigenvalue weighted by Gasteiger charge is -2.22. The molecule has 0 radical (unpaired) electrons. The number of aliphatic hydroxyl groups excluding tert-OH is 1. The molecule has 0 aromatic heterocycles. The van der Waals surface area contributed by atoms with Gasteiger partial charge in [0, 0.05) is 6.61 Å². The fraction of sp³-hybridized carbons (Fsp3) is 1.00. The molecule has 1 rings (SSSR count). The summed E-state index contributed by atoms with van der Waals surface area (Å²) in [6.07, 6.45) is 3.77. The van der Waals surface area contributed by atoms with Gasteiger partial charge in [-0.1, -0.05) is 0 Å². The monoisotopic (exact) mass is 217 g/mol. The van der Waals surface area contributed by atoms with Gasteiger partial charge in [-0.2, -0.15) is 0 Å². The maximum absolute atomic E-state index is 8.47. The van der Waals surface area contributed by atoms with Gasteiger partial charge < -0.3 is 19.9 Å². The van der Waals surface area contributed by atoms with E-state index in [0.29, 0.717) is 19.8 Å². The van der Waals surface area contributed by atoms with E-state index in [9.17, 15) is 0 Å². The normalized spacial score (nSPS) is 21.8. The zero-order chi connectivity index (χ0) is 10.8. The van der Waals surface area contributed by atoms with Gasteiger partial charge in [0.2, 0.25) is 0 Å². The van der Waals surface area contributed by atoms with E-state index >= 15 is 0 Å². The average Bonchev–Trinajstić information content (AvgIpc) is 2.29.